The van der Waals surface area contributed by atoms with Crippen LogP contribution in [0.3, 0.4) is 0 Å². The van der Waals surface area contributed by atoms with Crippen LogP contribution < -0.4 is 10.1 Å². The highest BCUT2D eigenvalue weighted by molar-refractivity contribution is 5.79. The molecule has 1 amide bonds. The van der Waals surface area contributed by atoms with Crippen molar-refractivity contribution in [3.05, 3.63) is 41.5 Å². The molecule has 0 atom stereocenters. The molecule has 1 fully saturated rings. The maximum Gasteiger partial charge on any atom is 0.387 e. The van der Waals surface area contributed by atoms with Gasteiger partial charge in [-0.05, 0) is 30.5 Å². The number of carbonyl (C=O) groups is 1. The highest BCUT2D eigenvalue weighted by atomic mass is 19.3. The van der Waals surface area contributed by atoms with E-state index in [1.807, 2.05) is 0 Å². The molecule has 1 heterocycles. The topological polar surface area (TPSA) is 77.2 Å². The quantitative estimate of drug-likeness (QED) is 0.848. The first kappa shape index (κ1) is 18.3. The minimum Gasteiger partial charge on any atom is -0.435 e. The second-order valence-corrected chi connectivity index (χ2v) is 6.53. The van der Waals surface area contributed by atoms with E-state index in [0.29, 0.717) is 17.3 Å². The predicted molar refractivity (Wildman–Crippen MR) is 88.7 cm³/mol. The molecule has 1 aromatic heterocycles. The van der Waals surface area contributed by atoms with E-state index in [9.17, 15) is 13.6 Å². The number of aromatic nitrogens is 2. The number of rotatable bonds is 6. The van der Waals surface area contributed by atoms with Crippen LogP contribution in [0.25, 0.3) is 0 Å². The molecule has 0 spiro atoms. The van der Waals surface area contributed by atoms with Crippen molar-refractivity contribution in [3.63, 3.8) is 0 Å². The summed E-state index contributed by atoms with van der Waals surface area (Å²) in [5, 5.41) is 7.10. The molecular formula is C18H21F2N3O3. The van der Waals surface area contributed by atoms with Gasteiger partial charge in [0.05, 0.1) is 6.42 Å². The normalized spacial score (nSPS) is 16.5. The van der Waals surface area contributed by atoms with Crippen molar-refractivity contribution in [1.29, 1.82) is 0 Å². The monoisotopic (exact) mass is 365 g/mol. The van der Waals surface area contributed by atoms with Gasteiger partial charge in [-0.1, -0.05) is 36.6 Å². The molecule has 1 saturated carbocycles. The van der Waals surface area contributed by atoms with Crippen LogP contribution in [-0.2, 0) is 16.8 Å². The molecule has 6 nitrogen and oxygen atoms in total. The molecule has 1 aliphatic carbocycles. The molecule has 1 aromatic carbocycles. The van der Waals surface area contributed by atoms with Gasteiger partial charge in [0.15, 0.2) is 5.82 Å². The van der Waals surface area contributed by atoms with Gasteiger partial charge in [-0.3, -0.25) is 4.79 Å². The number of halogens is 2. The summed E-state index contributed by atoms with van der Waals surface area (Å²) in [6.45, 7) is -1.15. The van der Waals surface area contributed by atoms with E-state index in [4.69, 9.17) is 4.52 Å². The summed E-state index contributed by atoms with van der Waals surface area (Å²) in [6.07, 6.45) is 4.73. The molecule has 8 heteroatoms. The third kappa shape index (κ3) is 4.36. The summed E-state index contributed by atoms with van der Waals surface area (Å²) in [5.41, 5.74) is 0.102. The summed E-state index contributed by atoms with van der Waals surface area (Å²) in [7, 11) is 0. The van der Waals surface area contributed by atoms with Crippen LogP contribution in [-0.4, -0.2) is 22.7 Å². The van der Waals surface area contributed by atoms with Crippen LogP contribution in [0.5, 0.6) is 5.75 Å². The number of amides is 1. The van der Waals surface area contributed by atoms with E-state index in [2.05, 4.69) is 20.2 Å². The summed E-state index contributed by atoms with van der Waals surface area (Å²) in [4.78, 5) is 16.9. The van der Waals surface area contributed by atoms with Crippen molar-refractivity contribution in [2.24, 2.45) is 0 Å². The fraction of sp³-hybridized carbons (Fsp3) is 0.500. The molecule has 0 radical (unpaired) electrons. The fourth-order valence-corrected chi connectivity index (χ4v) is 3.34. The third-order valence-corrected chi connectivity index (χ3v) is 4.55. The zero-order chi connectivity index (χ0) is 18.6. The Hall–Kier alpha value is -2.51. The minimum atomic E-state index is -2.87. The highest BCUT2D eigenvalue weighted by Gasteiger charge is 2.39. The van der Waals surface area contributed by atoms with E-state index in [1.54, 1.807) is 19.1 Å². The number of hydrogen-bond donors (Lipinski definition) is 1. The number of nitrogens with zero attached hydrogens (tertiary/aromatic N) is 2. The summed E-state index contributed by atoms with van der Waals surface area (Å²) >= 11 is 0. The summed E-state index contributed by atoms with van der Waals surface area (Å²) < 4.78 is 33.8. The Kier molecular flexibility index (Phi) is 5.49. The molecule has 0 aliphatic heterocycles. The van der Waals surface area contributed by atoms with E-state index >= 15 is 0 Å². The van der Waals surface area contributed by atoms with Gasteiger partial charge in [0.1, 0.15) is 11.3 Å². The predicted octanol–water partition coefficient (Wildman–Crippen LogP) is 3.50. The zero-order valence-corrected chi connectivity index (χ0v) is 14.5. The molecule has 26 heavy (non-hydrogen) atoms. The van der Waals surface area contributed by atoms with Crippen molar-refractivity contribution in [1.82, 2.24) is 15.5 Å². The Bertz CT molecular complexity index is 740. The largest absolute Gasteiger partial charge is 0.435 e. The van der Waals surface area contributed by atoms with Gasteiger partial charge < -0.3 is 14.6 Å². The van der Waals surface area contributed by atoms with Gasteiger partial charge in [-0.25, -0.2) is 0 Å². The van der Waals surface area contributed by atoms with Crippen LogP contribution in [0.1, 0.15) is 49.4 Å². The maximum atomic E-state index is 12.6. The van der Waals surface area contributed by atoms with E-state index < -0.39 is 12.2 Å². The maximum absolute atomic E-state index is 12.6. The zero-order valence-electron chi connectivity index (χ0n) is 14.5. The summed E-state index contributed by atoms with van der Waals surface area (Å²) in [5.74, 6) is 0.879. The van der Waals surface area contributed by atoms with E-state index in [-0.39, 0.29) is 18.1 Å². The minimum absolute atomic E-state index is 0.0650. The lowest BCUT2D eigenvalue weighted by Crippen LogP contribution is -2.48. The molecule has 0 saturated heterocycles. The Labute approximate surface area is 149 Å². The Balaban J connectivity index is 1.68. The van der Waals surface area contributed by atoms with Crippen molar-refractivity contribution in [3.8, 4) is 5.75 Å². The number of aryl methyl sites for hydroxylation is 1. The van der Waals surface area contributed by atoms with Crippen molar-refractivity contribution in [2.75, 3.05) is 0 Å². The molecule has 1 aliphatic rings. The first-order valence-electron chi connectivity index (χ1n) is 8.62. The number of benzene rings is 1. The van der Waals surface area contributed by atoms with Gasteiger partial charge >= 0.3 is 6.61 Å². The van der Waals surface area contributed by atoms with Crippen LogP contribution in [0.15, 0.2) is 28.8 Å². The Morgan fingerprint density at radius 1 is 1.27 bits per heavy atom. The lowest BCUT2D eigenvalue weighted by Gasteiger charge is -2.35. The number of nitrogens with one attached hydrogen (secondary N) is 1. The molecule has 1 N–H and O–H groups in total. The number of ether oxygens (including phenoxy) is 1. The standard InChI is InChI=1S/C18H21F2N3O3/c1-12-21-16(23-26-12)18(9-3-2-4-10-18)22-15(24)11-13-5-7-14(8-6-13)25-17(19)20/h5-8,17H,2-4,9-11H2,1H3,(H,22,24). The molecule has 0 unspecified atom stereocenters. The second-order valence-electron chi connectivity index (χ2n) is 6.53. The van der Waals surface area contributed by atoms with Gasteiger partial charge in [-0.15, -0.1) is 0 Å². The van der Waals surface area contributed by atoms with Gasteiger partial charge in [-0.2, -0.15) is 13.8 Å². The molecule has 2 aromatic rings. The fourth-order valence-electron chi connectivity index (χ4n) is 3.34. The van der Waals surface area contributed by atoms with E-state index in [1.165, 1.54) is 12.1 Å². The molecule has 0 bridgehead atoms. The lowest BCUT2D eigenvalue weighted by molar-refractivity contribution is -0.123. The molecular weight excluding hydrogens is 344 g/mol. The van der Waals surface area contributed by atoms with Gasteiger partial charge in [0, 0.05) is 6.92 Å². The number of hydrogen-bond acceptors (Lipinski definition) is 5. The Morgan fingerprint density at radius 3 is 2.54 bits per heavy atom. The van der Waals surface area contributed by atoms with Gasteiger partial charge in [0.2, 0.25) is 11.8 Å². The third-order valence-electron chi connectivity index (χ3n) is 4.55. The van der Waals surface area contributed by atoms with Crippen LogP contribution in [0.2, 0.25) is 0 Å². The van der Waals surface area contributed by atoms with Crippen LogP contribution in [0, 0.1) is 6.92 Å². The second kappa shape index (κ2) is 7.80. The first-order chi connectivity index (χ1) is 12.5. The van der Waals surface area contributed by atoms with E-state index in [0.717, 1.165) is 32.1 Å². The highest BCUT2D eigenvalue weighted by Crippen LogP contribution is 2.35. The Morgan fingerprint density at radius 2 is 1.96 bits per heavy atom. The first-order valence-corrected chi connectivity index (χ1v) is 8.62. The molecule has 3 rings (SSSR count). The summed E-state index contributed by atoms with van der Waals surface area (Å²) in [6, 6.07) is 6.05. The van der Waals surface area contributed by atoms with Crippen molar-refractivity contribution < 1.29 is 22.8 Å². The smallest absolute Gasteiger partial charge is 0.387 e. The average Bonchev–Trinajstić information content (AvgIpc) is 3.04. The average molecular weight is 365 g/mol. The van der Waals surface area contributed by atoms with Crippen molar-refractivity contribution >= 4 is 5.91 Å². The number of carbonyl (C=O) groups excluding carboxylic acids is 1. The van der Waals surface area contributed by atoms with Crippen molar-refractivity contribution in [2.45, 2.75) is 57.6 Å². The lowest BCUT2D eigenvalue weighted by atomic mass is 9.80. The number of alkyl halides is 2. The van der Waals surface area contributed by atoms with Gasteiger partial charge in [0.25, 0.3) is 0 Å². The van der Waals surface area contributed by atoms with Crippen LogP contribution >= 0.6 is 0 Å². The SMILES string of the molecule is Cc1nc(C2(NC(=O)Cc3ccc(OC(F)F)cc3)CCCCC2)no1. The molecule has 140 valence electrons. The van der Waals surface area contributed by atoms with Crippen LogP contribution in [0.4, 0.5) is 8.78 Å².